The van der Waals surface area contributed by atoms with Crippen LogP contribution in [0.3, 0.4) is 0 Å². The van der Waals surface area contributed by atoms with Crippen LogP contribution >= 0.6 is 0 Å². The summed E-state index contributed by atoms with van der Waals surface area (Å²) in [5.74, 6) is 0.462. The molecule has 1 N–H and O–H groups in total. The van der Waals surface area contributed by atoms with Gasteiger partial charge >= 0.3 is 0 Å². The Balaban J connectivity index is 2.01. The van der Waals surface area contributed by atoms with E-state index in [9.17, 15) is 9.59 Å². The van der Waals surface area contributed by atoms with Crippen LogP contribution in [0.5, 0.6) is 5.75 Å². The van der Waals surface area contributed by atoms with Crippen LogP contribution in [0.1, 0.15) is 24.3 Å². The maximum absolute atomic E-state index is 11.7. The van der Waals surface area contributed by atoms with Gasteiger partial charge in [-0.1, -0.05) is 0 Å². The minimum atomic E-state index is -0.496. The number of benzene rings is 1. The van der Waals surface area contributed by atoms with Gasteiger partial charge in [-0.05, 0) is 38.1 Å². The molecule has 21 heavy (non-hydrogen) atoms. The van der Waals surface area contributed by atoms with Gasteiger partial charge in [0.2, 0.25) is 0 Å². The molecule has 2 aromatic rings. The molecule has 1 aromatic heterocycles. The van der Waals surface area contributed by atoms with E-state index in [4.69, 9.17) is 4.74 Å². The topological polar surface area (TPSA) is 73.2 Å². The molecule has 0 aliphatic carbocycles. The first-order valence-electron chi connectivity index (χ1n) is 6.77. The SMILES string of the molecule is CCn1nc(-c2ccc3c(c2)NC(=O)C(C)O3)cc1C=O. The number of ether oxygens (including phenoxy) is 1. The molecule has 0 saturated carbocycles. The number of nitrogens with one attached hydrogen (secondary N) is 1. The molecule has 0 saturated heterocycles. The van der Waals surface area contributed by atoms with Crippen LogP contribution in [0.4, 0.5) is 5.69 Å². The second-order valence-corrected chi connectivity index (χ2v) is 4.85. The number of anilines is 1. The average molecular weight is 285 g/mol. The van der Waals surface area contributed by atoms with Crippen molar-refractivity contribution < 1.29 is 14.3 Å². The van der Waals surface area contributed by atoms with E-state index < -0.39 is 6.10 Å². The number of nitrogens with zero attached hydrogens (tertiary/aromatic N) is 2. The fourth-order valence-corrected chi connectivity index (χ4v) is 2.29. The fourth-order valence-electron chi connectivity index (χ4n) is 2.29. The van der Waals surface area contributed by atoms with Gasteiger partial charge < -0.3 is 10.1 Å². The molecule has 108 valence electrons. The number of amides is 1. The number of carbonyl (C=O) groups excluding carboxylic acids is 2. The largest absolute Gasteiger partial charge is 0.479 e. The minimum Gasteiger partial charge on any atom is -0.479 e. The quantitative estimate of drug-likeness (QED) is 0.876. The maximum Gasteiger partial charge on any atom is 0.265 e. The Labute approximate surface area is 121 Å². The summed E-state index contributed by atoms with van der Waals surface area (Å²) in [6, 6.07) is 7.19. The molecule has 6 heteroatoms. The summed E-state index contributed by atoms with van der Waals surface area (Å²) in [7, 11) is 0. The molecule has 1 aromatic carbocycles. The van der Waals surface area contributed by atoms with Gasteiger partial charge in [-0.25, -0.2) is 0 Å². The van der Waals surface area contributed by atoms with Crippen LogP contribution in [0.2, 0.25) is 0 Å². The molecule has 6 nitrogen and oxygen atoms in total. The Morgan fingerprint density at radius 2 is 2.24 bits per heavy atom. The number of hydrogen-bond acceptors (Lipinski definition) is 4. The van der Waals surface area contributed by atoms with E-state index in [0.29, 0.717) is 29.4 Å². The third-order valence-electron chi connectivity index (χ3n) is 3.44. The highest BCUT2D eigenvalue weighted by Gasteiger charge is 2.24. The first kappa shape index (κ1) is 13.4. The summed E-state index contributed by atoms with van der Waals surface area (Å²) in [6.07, 6.45) is 0.287. The number of aldehydes is 1. The van der Waals surface area contributed by atoms with Gasteiger partial charge in [0.15, 0.2) is 12.4 Å². The van der Waals surface area contributed by atoms with Crippen LogP contribution in [0.15, 0.2) is 24.3 Å². The summed E-state index contributed by atoms with van der Waals surface area (Å²) in [5.41, 5.74) is 2.66. The standard InChI is InChI=1S/C15H15N3O3/c1-3-18-11(8-19)7-12(17-18)10-4-5-14-13(6-10)16-15(20)9(2)21-14/h4-9H,3H2,1-2H3,(H,16,20). The molecule has 0 spiro atoms. The second-order valence-electron chi connectivity index (χ2n) is 4.85. The Bertz CT molecular complexity index is 721. The number of fused-ring (bicyclic) bond motifs is 1. The van der Waals surface area contributed by atoms with Crippen LogP contribution in [-0.2, 0) is 11.3 Å². The van der Waals surface area contributed by atoms with Crippen molar-refractivity contribution in [2.45, 2.75) is 26.5 Å². The highest BCUT2D eigenvalue weighted by atomic mass is 16.5. The van der Waals surface area contributed by atoms with Crippen molar-refractivity contribution in [2.24, 2.45) is 0 Å². The lowest BCUT2D eigenvalue weighted by Gasteiger charge is -2.23. The fraction of sp³-hybridized carbons (Fsp3) is 0.267. The molecule has 1 amide bonds. The highest BCUT2D eigenvalue weighted by molar-refractivity contribution is 5.98. The van der Waals surface area contributed by atoms with Gasteiger partial charge in [-0.2, -0.15) is 5.10 Å². The molecule has 1 aliphatic rings. The third kappa shape index (κ3) is 2.29. The lowest BCUT2D eigenvalue weighted by Crippen LogP contribution is -2.34. The Hall–Kier alpha value is -2.63. The molecule has 3 rings (SSSR count). The number of rotatable bonds is 3. The van der Waals surface area contributed by atoms with Gasteiger partial charge in [0.1, 0.15) is 11.4 Å². The van der Waals surface area contributed by atoms with Gasteiger partial charge in [-0.15, -0.1) is 0 Å². The highest BCUT2D eigenvalue weighted by Crippen LogP contribution is 2.33. The summed E-state index contributed by atoms with van der Waals surface area (Å²) >= 11 is 0. The summed E-state index contributed by atoms with van der Waals surface area (Å²) in [5, 5.41) is 7.19. The Morgan fingerprint density at radius 3 is 2.90 bits per heavy atom. The van der Waals surface area contributed by atoms with Crippen LogP contribution < -0.4 is 10.1 Å². The van der Waals surface area contributed by atoms with Crippen molar-refractivity contribution in [1.82, 2.24) is 9.78 Å². The first-order valence-corrected chi connectivity index (χ1v) is 6.77. The maximum atomic E-state index is 11.7. The van der Waals surface area contributed by atoms with E-state index in [1.807, 2.05) is 13.0 Å². The number of carbonyl (C=O) groups is 2. The zero-order chi connectivity index (χ0) is 15.0. The normalized spacial score (nSPS) is 16.9. The van der Waals surface area contributed by atoms with E-state index in [1.54, 1.807) is 29.8 Å². The molecular weight excluding hydrogens is 270 g/mol. The van der Waals surface area contributed by atoms with Gasteiger partial charge in [-0.3, -0.25) is 14.3 Å². The lowest BCUT2D eigenvalue weighted by atomic mass is 10.1. The zero-order valence-corrected chi connectivity index (χ0v) is 11.8. The molecule has 1 atom stereocenters. The monoisotopic (exact) mass is 285 g/mol. The Kier molecular flexibility index (Phi) is 3.21. The molecule has 0 radical (unpaired) electrons. The molecule has 0 fully saturated rings. The predicted octanol–water partition coefficient (Wildman–Crippen LogP) is 2.10. The smallest absolute Gasteiger partial charge is 0.265 e. The first-order chi connectivity index (χ1) is 10.1. The minimum absolute atomic E-state index is 0.174. The molecule has 1 aliphatic heterocycles. The number of aromatic nitrogens is 2. The van der Waals surface area contributed by atoms with Crippen LogP contribution in [0, 0.1) is 0 Å². The summed E-state index contributed by atoms with van der Waals surface area (Å²) < 4.78 is 7.15. The van der Waals surface area contributed by atoms with E-state index in [-0.39, 0.29) is 5.91 Å². The number of hydrogen-bond donors (Lipinski definition) is 1. The van der Waals surface area contributed by atoms with E-state index in [2.05, 4.69) is 10.4 Å². The summed E-state index contributed by atoms with van der Waals surface area (Å²) in [6.45, 7) is 4.24. The van der Waals surface area contributed by atoms with Crippen LogP contribution in [0.25, 0.3) is 11.3 Å². The zero-order valence-electron chi connectivity index (χ0n) is 11.8. The average Bonchev–Trinajstić information content (AvgIpc) is 2.91. The lowest BCUT2D eigenvalue weighted by molar-refractivity contribution is -0.122. The third-order valence-corrected chi connectivity index (χ3v) is 3.44. The van der Waals surface area contributed by atoms with Crippen molar-refractivity contribution in [1.29, 1.82) is 0 Å². The molecule has 2 heterocycles. The van der Waals surface area contributed by atoms with Crippen molar-refractivity contribution >= 4 is 17.9 Å². The molecule has 1 unspecified atom stereocenters. The van der Waals surface area contributed by atoms with E-state index in [1.165, 1.54) is 0 Å². The predicted molar refractivity (Wildman–Crippen MR) is 77.4 cm³/mol. The summed E-state index contributed by atoms with van der Waals surface area (Å²) in [4.78, 5) is 22.7. The van der Waals surface area contributed by atoms with Gasteiger partial charge in [0, 0.05) is 12.1 Å². The number of aryl methyl sites for hydroxylation is 1. The van der Waals surface area contributed by atoms with E-state index >= 15 is 0 Å². The van der Waals surface area contributed by atoms with Crippen molar-refractivity contribution in [3.05, 3.63) is 30.0 Å². The van der Waals surface area contributed by atoms with Crippen molar-refractivity contribution in [3.63, 3.8) is 0 Å². The Morgan fingerprint density at radius 1 is 1.43 bits per heavy atom. The van der Waals surface area contributed by atoms with Gasteiger partial charge in [0.25, 0.3) is 5.91 Å². The van der Waals surface area contributed by atoms with Gasteiger partial charge in [0.05, 0.1) is 11.4 Å². The molecule has 0 bridgehead atoms. The van der Waals surface area contributed by atoms with Crippen molar-refractivity contribution in [2.75, 3.05) is 5.32 Å². The second kappa shape index (κ2) is 5.05. The van der Waals surface area contributed by atoms with E-state index in [0.717, 1.165) is 11.8 Å². The molecular formula is C15H15N3O3. The van der Waals surface area contributed by atoms with Crippen molar-refractivity contribution in [3.8, 4) is 17.0 Å². The van der Waals surface area contributed by atoms with Crippen LogP contribution in [-0.4, -0.2) is 28.1 Å².